The van der Waals surface area contributed by atoms with Gasteiger partial charge in [-0.1, -0.05) is 6.92 Å². The van der Waals surface area contributed by atoms with E-state index in [2.05, 4.69) is 37.6 Å². The van der Waals surface area contributed by atoms with Crippen molar-refractivity contribution in [2.75, 3.05) is 26.7 Å². The average Bonchev–Trinajstić information content (AvgIpc) is 2.41. The van der Waals surface area contributed by atoms with Gasteiger partial charge in [-0.25, -0.2) is 0 Å². The van der Waals surface area contributed by atoms with Crippen molar-refractivity contribution < 1.29 is 5.11 Å². The second kappa shape index (κ2) is 6.72. The smallest absolute Gasteiger partial charge is 0.104 e. The summed E-state index contributed by atoms with van der Waals surface area (Å²) in [7, 11) is 2.22. The maximum atomic E-state index is 9.69. The number of hydrogen-bond acceptors (Lipinski definition) is 3. The zero-order chi connectivity index (χ0) is 13.0. The lowest BCUT2D eigenvalue weighted by atomic mass is 9.90. The van der Waals surface area contributed by atoms with E-state index in [-0.39, 0.29) is 6.23 Å². The number of nitrogens with zero attached hydrogens (tertiary/aromatic N) is 2. The van der Waals surface area contributed by atoms with Gasteiger partial charge < -0.3 is 10.0 Å². The van der Waals surface area contributed by atoms with Crippen LogP contribution in [0.1, 0.15) is 40.5 Å². The van der Waals surface area contributed by atoms with Crippen LogP contribution in [-0.2, 0) is 0 Å². The van der Waals surface area contributed by atoms with E-state index in [1.54, 1.807) is 0 Å². The Morgan fingerprint density at radius 2 is 2.00 bits per heavy atom. The first kappa shape index (κ1) is 14.9. The van der Waals surface area contributed by atoms with Crippen LogP contribution in [0.15, 0.2) is 0 Å². The molecule has 0 aromatic carbocycles. The second-order valence-electron chi connectivity index (χ2n) is 6.04. The molecular weight excluding hydrogens is 212 g/mol. The zero-order valence-corrected chi connectivity index (χ0v) is 12.2. The van der Waals surface area contributed by atoms with Crippen LogP contribution < -0.4 is 0 Å². The van der Waals surface area contributed by atoms with Crippen LogP contribution in [0.2, 0.25) is 0 Å². The fraction of sp³-hybridized carbons (Fsp3) is 1.00. The van der Waals surface area contributed by atoms with Crippen LogP contribution in [0.3, 0.4) is 0 Å². The molecule has 0 spiro atoms. The van der Waals surface area contributed by atoms with Gasteiger partial charge in [-0.3, -0.25) is 4.90 Å². The van der Waals surface area contributed by atoms with E-state index >= 15 is 0 Å². The summed E-state index contributed by atoms with van der Waals surface area (Å²) >= 11 is 0. The third-order valence-electron chi connectivity index (χ3n) is 4.28. The normalized spacial score (nSPS) is 29.6. The number of aliphatic hydroxyl groups excluding tert-OH is 1. The number of hydrogen-bond donors (Lipinski definition) is 1. The monoisotopic (exact) mass is 242 g/mol. The van der Waals surface area contributed by atoms with Gasteiger partial charge in [0.15, 0.2) is 0 Å². The Hall–Kier alpha value is -0.120. The van der Waals surface area contributed by atoms with Crippen LogP contribution >= 0.6 is 0 Å². The average molecular weight is 242 g/mol. The highest BCUT2D eigenvalue weighted by atomic mass is 16.3. The first-order valence-electron chi connectivity index (χ1n) is 7.04. The van der Waals surface area contributed by atoms with Crippen LogP contribution in [0.5, 0.6) is 0 Å². The van der Waals surface area contributed by atoms with Crippen molar-refractivity contribution in [3.63, 3.8) is 0 Å². The minimum atomic E-state index is -0.293. The summed E-state index contributed by atoms with van der Waals surface area (Å²) in [5.74, 6) is 1.44. The highest BCUT2D eigenvalue weighted by Crippen LogP contribution is 2.25. The molecule has 0 aromatic rings. The Labute approximate surface area is 107 Å². The van der Waals surface area contributed by atoms with E-state index in [4.69, 9.17) is 0 Å². The lowest BCUT2D eigenvalue weighted by molar-refractivity contribution is 0.0114. The van der Waals surface area contributed by atoms with E-state index in [0.717, 1.165) is 19.0 Å². The fourth-order valence-corrected chi connectivity index (χ4v) is 2.64. The Morgan fingerprint density at radius 1 is 1.35 bits per heavy atom. The molecule has 0 radical (unpaired) electrons. The topological polar surface area (TPSA) is 26.7 Å². The third kappa shape index (κ3) is 4.57. The minimum absolute atomic E-state index is 0.293. The molecule has 1 rings (SSSR count). The van der Waals surface area contributed by atoms with Crippen molar-refractivity contribution >= 4 is 0 Å². The molecule has 17 heavy (non-hydrogen) atoms. The molecule has 102 valence electrons. The predicted molar refractivity (Wildman–Crippen MR) is 72.9 cm³/mol. The Bertz CT molecular complexity index is 218. The van der Waals surface area contributed by atoms with Gasteiger partial charge >= 0.3 is 0 Å². The largest absolute Gasteiger partial charge is 0.379 e. The summed E-state index contributed by atoms with van der Waals surface area (Å²) in [6.07, 6.45) is 2.21. The van der Waals surface area contributed by atoms with Crippen molar-refractivity contribution in [3.8, 4) is 0 Å². The molecule has 1 heterocycles. The lowest BCUT2D eigenvalue weighted by Crippen LogP contribution is -2.38. The van der Waals surface area contributed by atoms with Crippen molar-refractivity contribution in [2.24, 2.45) is 11.8 Å². The molecule has 3 nitrogen and oxygen atoms in total. The quantitative estimate of drug-likeness (QED) is 0.817. The molecule has 0 aliphatic carbocycles. The Kier molecular flexibility index (Phi) is 5.90. The molecule has 1 fully saturated rings. The van der Waals surface area contributed by atoms with Gasteiger partial charge in [0.25, 0.3) is 0 Å². The summed E-state index contributed by atoms with van der Waals surface area (Å²) in [6, 6.07) is 0.623. The maximum Gasteiger partial charge on any atom is 0.104 e. The van der Waals surface area contributed by atoms with Crippen LogP contribution in [0.4, 0.5) is 0 Å². The lowest BCUT2D eigenvalue weighted by Gasteiger charge is -2.31. The molecule has 0 aromatic heterocycles. The van der Waals surface area contributed by atoms with Gasteiger partial charge in [-0.05, 0) is 52.5 Å². The summed E-state index contributed by atoms with van der Waals surface area (Å²) in [5, 5.41) is 9.69. The molecule has 0 bridgehead atoms. The van der Waals surface area contributed by atoms with Crippen molar-refractivity contribution in [1.29, 1.82) is 0 Å². The van der Waals surface area contributed by atoms with Crippen LogP contribution in [-0.4, -0.2) is 53.9 Å². The van der Waals surface area contributed by atoms with Crippen molar-refractivity contribution in [1.82, 2.24) is 9.80 Å². The van der Waals surface area contributed by atoms with E-state index in [9.17, 15) is 5.11 Å². The van der Waals surface area contributed by atoms with E-state index < -0.39 is 0 Å². The van der Waals surface area contributed by atoms with E-state index in [1.807, 2.05) is 6.92 Å². The number of likely N-dealkylation sites (tertiary alicyclic amines) is 1. The molecule has 0 amide bonds. The first-order chi connectivity index (χ1) is 7.91. The molecule has 1 N–H and O–H groups in total. The van der Waals surface area contributed by atoms with Gasteiger partial charge in [-0.2, -0.15) is 0 Å². The second-order valence-corrected chi connectivity index (χ2v) is 6.04. The molecule has 1 aliphatic rings. The molecule has 3 unspecified atom stereocenters. The summed E-state index contributed by atoms with van der Waals surface area (Å²) in [5.41, 5.74) is 0. The van der Waals surface area contributed by atoms with Gasteiger partial charge in [-0.15, -0.1) is 0 Å². The van der Waals surface area contributed by atoms with Crippen molar-refractivity contribution in [2.45, 2.75) is 52.8 Å². The Balaban J connectivity index is 2.51. The zero-order valence-electron chi connectivity index (χ0n) is 12.2. The molecule has 3 atom stereocenters. The summed E-state index contributed by atoms with van der Waals surface area (Å²) < 4.78 is 0. The SMILES string of the molecule is CC1CN(C(C)O)CCCC1CN(C)C(C)C. The number of rotatable bonds is 4. The fourth-order valence-electron chi connectivity index (χ4n) is 2.64. The molecular formula is C14H30N2O. The summed E-state index contributed by atoms with van der Waals surface area (Å²) in [4.78, 5) is 4.65. The molecule has 1 aliphatic heterocycles. The Morgan fingerprint density at radius 3 is 2.53 bits per heavy atom. The third-order valence-corrected chi connectivity index (χ3v) is 4.28. The van der Waals surface area contributed by atoms with Crippen molar-refractivity contribution in [3.05, 3.63) is 0 Å². The van der Waals surface area contributed by atoms with Gasteiger partial charge in [0.05, 0.1) is 0 Å². The van der Waals surface area contributed by atoms with Gasteiger partial charge in [0, 0.05) is 25.7 Å². The van der Waals surface area contributed by atoms with E-state index in [0.29, 0.717) is 12.0 Å². The standard InChI is InChI=1S/C14H30N2O/c1-11(2)15(5)10-14-7-6-8-16(13(4)17)9-12(14)3/h11-14,17H,6-10H2,1-5H3. The predicted octanol–water partition coefficient (Wildman–Crippen LogP) is 2.01. The molecule has 3 heteroatoms. The molecule has 0 saturated carbocycles. The minimum Gasteiger partial charge on any atom is -0.379 e. The maximum absolute atomic E-state index is 9.69. The molecule has 1 saturated heterocycles. The highest BCUT2D eigenvalue weighted by molar-refractivity contribution is 4.78. The van der Waals surface area contributed by atoms with Gasteiger partial charge in [0.1, 0.15) is 6.23 Å². The van der Waals surface area contributed by atoms with E-state index in [1.165, 1.54) is 19.4 Å². The van der Waals surface area contributed by atoms with Crippen LogP contribution in [0.25, 0.3) is 0 Å². The van der Waals surface area contributed by atoms with Crippen LogP contribution in [0, 0.1) is 11.8 Å². The summed E-state index contributed by atoms with van der Waals surface area (Å²) in [6.45, 7) is 12.0. The highest BCUT2D eigenvalue weighted by Gasteiger charge is 2.26. The number of aliphatic hydroxyl groups is 1. The first-order valence-corrected chi connectivity index (χ1v) is 7.04. The van der Waals surface area contributed by atoms with Gasteiger partial charge in [0.2, 0.25) is 0 Å².